The number of nitrogens with two attached hydrogens (primary N) is 1. The molecule has 0 aliphatic carbocycles. The summed E-state index contributed by atoms with van der Waals surface area (Å²) >= 11 is 7.63. The quantitative estimate of drug-likeness (QED) is 0.610. The normalized spacial score (nSPS) is 10.7. The zero-order valence-electron chi connectivity index (χ0n) is 13.7. The number of hydrogen-bond donors (Lipinski definition) is 2. The van der Waals surface area contributed by atoms with Gasteiger partial charge in [-0.05, 0) is 61.4 Å². The number of nitrogens with one attached hydrogen (secondary N) is 1. The van der Waals surface area contributed by atoms with Crippen molar-refractivity contribution in [2.45, 2.75) is 18.9 Å². The minimum absolute atomic E-state index is 0.271. The molecule has 0 saturated carbocycles. The first-order chi connectivity index (χ1) is 11.9. The molecule has 0 bridgehead atoms. The number of halogens is 2. The van der Waals surface area contributed by atoms with Crippen molar-refractivity contribution in [3.63, 3.8) is 0 Å². The van der Waals surface area contributed by atoms with Crippen LogP contribution in [0.1, 0.15) is 11.1 Å². The summed E-state index contributed by atoms with van der Waals surface area (Å²) in [7, 11) is 0. The van der Waals surface area contributed by atoms with Gasteiger partial charge >= 0.3 is 0 Å². The minimum atomic E-state index is -0.271. The van der Waals surface area contributed by atoms with E-state index in [1.54, 1.807) is 18.2 Å². The summed E-state index contributed by atoms with van der Waals surface area (Å²) in [5.74, 6) is 0.804. The predicted octanol–water partition coefficient (Wildman–Crippen LogP) is 5.25. The molecule has 2 aromatic heterocycles. The van der Waals surface area contributed by atoms with Gasteiger partial charge in [-0.2, -0.15) is 0 Å². The Morgan fingerprint density at radius 3 is 2.48 bits per heavy atom. The summed E-state index contributed by atoms with van der Waals surface area (Å²) < 4.78 is 16.7. The maximum absolute atomic E-state index is 13.6. The van der Waals surface area contributed by atoms with Gasteiger partial charge in [-0.25, -0.2) is 14.4 Å². The van der Waals surface area contributed by atoms with E-state index >= 15 is 0 Å². The number of aromatic nitrogens is 2. The largest absolute Gasteiger partial charge is 0.384 e. The van der Waals surface area contributed by atoms with Gasteiger partial charge in [-0.15, -0.1) is 0 Å². The first kappa shape index (κ1) is 17.5. The molecular formula is C18H16ClFN4S. The Kier molecular flexibility index (Phi) is 5.11. The van der Waals surface area contributed by atoms with Crippen LogP contribution in [0.5, 0.6) is 0 Å². The second-order valence-electron chi connectivity index (χ2n) is 5.55. The Morgan fingerprint density at radius 2 is 1.80 bits per heavy atom. The highest BCUT2D eigenvalue weighted by Gasteiger charge is 2.14. The minimum Gasteiger partial charge on any atom is -0.384 e. The van der Waals surface area contributed by atoms with E-state index in [1.807, 2.05) is 26.0 Å². The van der Waals surface area contributed by atoms with Gasteiger partial charge in [-0.1, -0.05) is 17.7 Å². The molecule has 0 fully saturated rings. The maximum Gasteiger partial charge on any atom is 0.136 e. The number of nitrogen functional groups attached to an aromatic ring is 1. The summed E-state index contributed by atoms with van der Waals surface area (Å²) in [6.45, 7) is 3.68. The Hall–Kier alpha value is -2.31. The Labute approximate surface area is 154 Å². The van der Waals surface area contributed by atoms with Crippen LogP contribution in [0.2, 0.25) is 5.02 Å². The smallest absolute Gasteiger partial charge is 0.136 e. The van der Waals surface area contributed by atoms with Gasteiger partial charge in [0.1, 0.15) is 22.5 Å². The highest BCUT2D eigenvalue weighted by molar-refractivity contribution is 8.00. The average Bonchev–Trinajstić information content (AvgIpc) is 2.54. The first-order valence-electron chi connectivity index (χ1n) is 7.53. The van der Waals surface area contributed by atoms with Crippen molar-refractivity contribution in [2.75, 3.05) is 10.5 Å². The fraction of sp³-hybridized carbons (Fsp3) is 0.111. The Bertz CT molecular complexity index is 910. The zero-order valence-corrected chi connectivity index (χ0v) is 15.2. The number of anilines is 2. The lowest BCUT2D eigenvalue weighted by Crippen LogP contribution is -1.98. The third kappa shape index (κ3) is 4.03. The van der Waals surface area contributed by atoms with E-state index < -0.39 is 0 Å². The molecule has 0 aliphatic rings. The second-order valence-corrected chi connectivity index (χ2v) is 6.78. The van der Waals surface area contributed by atoms with Gasteiger partial charge in [0.25, 0.3) is 0 Å². The Balaban J connectivity index is 1.91. The van der Waals surface area contributed by atoms with Gasteiger partial charge in [-0.3, -0.25) is 0 Å². The van der Waals surface area contributed by atoms with Crippen LogP contribution in [-0.4, -0.2) is 9.97 Å². The second kappa shape index (κ2) is 7.29. The van der Waals surface area contributed by atoms with Crippen LogP contribution in [0.25, 0.3) is 11.3 Å². The number of rotatable bonds is 4. The van der Waals surface area contributed by atoms with E-state index in [2.05, 4.69) is 14.7 Å². The molecule has 2 heterocycles. The summed E-state index contributed by atoms with van der Waals surface area (Å²) in [6.07, 6.45) is 0. The van der Waals surface area contributed by atoms with Gasteiger partial charge in [0.05, 0.1) is 10.7 Å². The maximum atomic E-state index is 13.6. The number of pyridine rings is 2. The lowest BCUT2D eigenvalue weighted by molar-refractivity contribution is 0.625. The average molecular weight is 375 g/mol. The van der Waals surface area contributed by atoms with E-state index in [0.29, 0.717) is 22.4 Å². The summed E-state index contributed by atoms with van der Waals surface area (Å²) in [4.78, 5) is 8.79. The van der Waals surface area contributed by atoms with Crippen LogP contribution in [0.3, 0.4) is 0 Å². The van der Waals surface area contributed by atoms with Crippen LogP contribution in [-0.2, 0) is 0 Å². The van der Waals surface area contributed by atoms with E-state index in [-0.39, 0.29) is 5.82 Å². The third-order valence-corrected chi connectivity index (χ3v) is 4.64. The summed E-state index contributed by atoms with van der Waals surface area (Å²) in [5.41, 5.74) is 8.70. The highest BCUT2D eigenvalue weighted by atomic mass is 35.5. The van der Waals surface area contributed by atoms with Crippen molar-refractivity contribution in [1.29, 1.82) is 0 Å². The molecule has 128 valence electrons. The van der Waals surface area contributed by atoms with Crippen LogP contribution in [0.4, 0.5) is 16.0 Å². The molecule has 3 rings (SSSR count). The van der Waals surface area contributed by atoms with Crippen molar-refractivity contribution in [3.8, 4) is 11.3 Å². The van der Waals surface area contributed by atoms with Gasteiger partial charge in [0.2, 0.25) is 0 Å². The number of benzene rings is 1. The topological polar surface area (TPSA) is 63.8 Å². The molecule has 25 heavy (non-hydrogen) atoms. The molecule has 4 nitrogen and oxygen atoms in total. The lowest BCUT2D eigenvalue weighted by atomic mass is 9.99. The first-order valence-corrected chi connectivity index (χ1v) is 8.72. The number of nitrogens with zero attached hydrogens (tertiary/aromatic N) is 2. The van der Waals surface area contributed by atoms with E-state index in [0.717, 1.165) is 21.7 Å². The SMILES string of the molecule is Cc1cc(F)cc(C)c1-c1nc(NSc2cccc(N)n2)ccc1Cl. The van der Waals surface area contributed by atoms with Gasteiger partial charge in [0.15, 0.2) is 0 Å². The molecule has 0 unspecified atom stereocenters. The van der Waals surface area contributed by atoms with Crippen LogP contribution in [0, 0.1) is 19.7 Å². The lowest BCUT2D eigenvalue weighted by Gasteiger charge is -2.13. The highest BCUT2D eigenvalue weighted by Crippen LogP contribution is 2.33. The Morgan fingerprint density at radius 1 is 1.08 bits per heavy atom. The van der Waals surface area contributed by atoms with Crippen LogP contribution < -0.4 is 10.5 Å². The standard InChI is InChI=1S/C18H16ClFN4S/c1-10-8-12(20)9-11(2)17(10)18-13(19)6-7-15(23-18)24-25-16-5-3-4-14(21)22-16/h3-9H,1-2H3,(H2,21,22)(H,23,24). The fourth-order valence-corrected chi connectivity index (χ4v) is 3.37. The molecule has 0 saturated heterocycles. The third-order valence-electron chi connectivity index (χ3n) is 3.59. The van der Waals surface area contributed by atoms with Crippen molar-refractivity contribution >= 4 is 35.2 Å². The molecule has 3 aromatic rings. The van der Waals surface area contributed by atoms with Crippen LogP contribution in [0.15, 0.2) is 47.5 Å². The molecule has 0 amide bonds. The molecule has 0 radical (unpaired) electrons. The zero-order chi connectivity index (χ0) is 18.0. The van der Waals surface area contributed by atoms with Crippen LogP contribution >= 0.6 is 23.5 Å². The van der Waals surface area contributed by atoms with Gasteiger partial charge in [0, 0.05) is 17.5 Å². The number of aryl methyl sites for hydroxylation is 2. The van der Waals surface area contributed by atoms with Crippen molar-refractivity contribution in [1.82, 2.24) is 9.97 Å². The van der Waals surface area contributed by atoms with E-state index in [9.17, 15) is 4.39 Å². The van der Waals surface area contributed by atoms with Crippen molar-refractivity contribution < 1.29 is 4.39 Å². The molecule has 3 N–H and O–H groups in total. The van der Waals surface area contributed by atoms with Crippen molar-refractivity contribution in [2.24, 2.45) is 0 Å². The van der Waals surface area contributed by atoms with E-state index in [1.165, 1.54) is 24.1 Å². The monoisotopic (exact) mass is 374 g/mol. The summed E-state index contributed by atoms with van der Waals surface area (Å²) in [6, 6.07) is 11.9. The molecule has 0 spiro atoms. The van der Waals surface area contributed by atoms with Crippen molar-refractivity contribution in [3.05, 3.63) is 64.4 Å². The predicted molar refractivity (Wildman–Crippen MR) is 102 cm³/mol. The molecule has 7 heteroatoms. The molecule has 0 aliphatic heterocycles. The summed E-state index contributed by atoms with van der Waals surface area (Å²) in [5, 5.41) is 1.24. The molecule has 0 atom stereocenters. The fourth-order valence-electron chi connectivity index (χ4n) is 2.55. The molecular weight excluding hydrogens is 359 g/mol. The molecule has 1 aromatic carbocycles. The van der Waals surface area contributed by atoms with Gasteiger partial charge < -0.3 is 10.5 Å². The number of hydrogen-bond acceptors (Lipinski definition) is 5. The van der Waals surface area contributed by atoms with E-state index in [4.69, 9.17) is 17.3 Å².